The number of rotatable bonds is 5. The Kier molecular flexibility index (Phi) is 6.33. The van der Waals surface area contributed by atoms with Crippen LogP contribution in [-0.2, 0) is 15.4 Å². The van der Waals surface area contributed by atoms with Gasteiger partial charge in [-0.1, -0.05) is 32.9 Å². The van der Waals surface area contributed by atoms with E-state index >= 15 is 0 Å². The first-order valence-corrected chi connectivity index (χ1v) is 13.2. The van der Waals surface area contributed by atoms with E-state index in [1.54, 1.807) is 13.0 Å². The summed E-state index contributed by atoms with van der Waals surface area (Å²) in [6.45, 7) is 13.6. The molecular weight excluding hydrogens is 477 g/mol. The van der Waals surface area contributed by atoms with Crippen molar-refractivity contribution < 1.29 is 12.8 Å². The number of hydrogen-bond donors (Lipinski definition) is 2. The van der Waals surface area contributed by atoms with Crippen LogP contribution < -0.4 is 10.0 Å². The molecule has 4 aromatic rings. The highest BCUT2D eigenvalue weighted by molar-refractivity contribution is 7.92. The second kappa shape index (κ2) is 8.89. The summed E-state index contributed by atoms with van der Waals surface area (Å²) < 4.78 is 45.3. The highest BCUT2D eigenvalue weighted by Gasteiger charge is 2.24. The predicted molar refractivity (Wildman–Crippen MR) is 143 cm³/mol. The van der Waals surface area contributed by atoms with E-state index in [0.717, 1.165) is 22.8 Å². The van der Waals surface area contributed by atoms with Gasteiger partial charge in [0, 0.05) is 17.0 Å². The molecule has 36 heavy (non-hydrogen) atoms. The zero-order valence-electron chi connectivity index (χ0n) is 21.6. The summed E-state index contributed by atoms with van der Waals surface area (Å²) in [4.78, 5) is 4.55. The number of nitrogens with one attached hydrogen (secondary N) is 2. The maximum absolute atomic E-state index is 14.8. The van der Waals surface area contributed by atoms with E-state index in [0.29, 0.717) is 16.9 Å². The maximum Gasteiger partial charge on any atom is 0.263 e. The quantitative estimate of drug-likeness (QED) is 0.336. The summed E-state index contributed by atoms with van der Waals surface area (Å²) in [7, 11) is -4.07. The minimum Gasteiger partial charge on any atom is -0.365 e. The molecule has 0 saturated heterocycles. The lowest BCUT2D eigenvalue weighted by atomic mass is 9.87. The Morgan fingerprint density at radius 3 is 2.31 bits per heavy atom. The molecule has 2 N–H and O–H groups in total. The largest absolute Gasteiger partial charge is 0.365 e. The van der Waals surface area contributed by atoms with E-state index < -0.39 is 21.3 Å². The third-order valence-electron chi connectivity index (χ3n) is 5.57. The van der Waals surface area contributed by atoms with Gasteiger partial charge in [-0.2, -0.15) is 5.10 Å². The van der Waals surface area contributed by atoms with Crippen LogP contribution in [0.15, 0.2) is 59.5 Å². The van der Waals surface area contributed by atoms with E-state index in [1.807, 2.05) is 51.1 Å². The molecule has 0 spiro atoms. The Hall–Kier alpha value is -3.46. The summed E-state index contributed by atoms with van der Waals surface area (Å²) in [5.41, 5.74) is 1.89. The van der Waals surface area contributed by atoms with Gasteiger partial charge in [0.25, 0.3) is 10.0 Å². The molecule has 2 heterocycles. The van der Waals surface area contributed by atoms with Crippen LogP contribution in [0.4, 0.5) is 16.0 Å². The van der Waals surface area contributed by atoms with E-state index in [-0.39, 0.29) is 16.3 Å². The zero-order valence-corrected chi connectivity index (χ0v) is 22.5. The lowest BCUT2D eigenvalue weighted by Crippen LogP contribution is -2.26. The summed E-state index contributed by atoms with van der Waals surface area (Å²) >= 11 is 0. The van der Waals surface area contributed by atoms with Gasteiger partial charge in [-0.3, -0.25) is 4.72 Å². The first-order chi connectivity index (χ1) is 16.6. The Morgan fingerprint density at radius 2 is 1.67 bits per heavy atom. The van der Waals surface area contributed by atoms with Gasteiger partial charge in [0.15, 0.2) is 0 Å². The van der Waals surface area contributed by atoms with Gasteiger partial charge >= 0.3 is 0 Å². The van der Waals surface area contributed by atoms with Gasteiger partial charge in [0.2, 0.25) is 0 Å². The Bertz CT molecular complexity index is 1550. The Morgan fingerprint density at radius 1 is 0.944 bits per heavy atom. The molecule has 4 rings (SSSR count). The zero-order chi connectivity index (χ0) is 26.5. The Labute approximate surface area is 211 Å². The fraction of sp³-hybridized carbons (Fsp3) is 0.333. The molecule has 0 aliphatic rings. The summed E-state index contributed by atoms with van der Waals surface area (Å²) in [6, 6.07) is 15.0. The molecule has 2 aromatic carbocycles. The van der Waals surface area contributed by atoms with Crippen LogP contribution in [-0.4, -0.2) is 28.7 Å². The smallest absolute Gasteiger partial charge is 0.263 e. The summed E-state index contributed by atoms with van der Waals surface area (Å²) in [5.74, 6) is 0.428. The lowest BCUT2D eigenvalue weighted by Gasteiger charge is -2.21. The van der Waals surface area contributed by atoms with Gasteiger partial charge < -0.3 is 5.32 Å². The average Bonchev–Trinajstić information content (AvgIpc) is 3.10. The number of nitrogens with zero attached hydrogens (tertiary/aromatic N) is 3. The van der Waals surface area contributed by atoms with E-state index in [9.17, 15) is 12.8 Å². The van der Waals surface area contributed by atoms with Crippen molar-refractivity contribution in [1.82, 2.24) is 14.8 Å². The molecule has 190 valence electrons. The first kappa shape index (κ1) is 25.6. The SMILES string of the molecule is Cc1cc(NS(=O)(=O)c2ccc(C(C)(C)C)c(F)c2)n(-c2cccc3nc(NC(C)(C)C)ccc23)n1. The van der Waals surface area contributed by atoms with Crippen LogP contribution in [0.25, 0.3) is 16.6 Å². The van der Waals surface area contributed by atoms with Gasteiger partial charge in [-0.05, 0) is 75.1 Å². The van der Waals surface area contributed by atoms with E-state index in [2.05, 4.69) is 35.9 Å². The normalized spacial score (nSPS) is 12.7. The maximum atomic E-state index is 14.8. The monoisotopic (exact) mass is 509 g/mol. The van der Waals surface area contributed by atoms with E-state index in [1.165, 1.54) is 16.8 Å². The van der Waals surface area contributed by atoms with Gasteiger partial charge in [0.1, 0.15) is 17.5 Å². The van der Waals surface area contributed by atoms with Gasteiger partial charge in [0.05, 0.1) is 21.8 Å². The van der Waals surface area contributed by atoms with Crippen LogP contribution in [0.3, 0.4) is 0 Å². The fourth-order valence-corrected chi connectivity index (χ4v) is 5.05. The van der Waals surface area contributed by atoms with Gasteiger partial charge in [-0.15, -0.1) is 0 Å². The molecule has 2 aromatic heterocycles. The summed E-state index contributed by atoms with van der Waals surface area (Å²) in [5, 5.41) is 8.69. The standard InChI is InChI=1S/C27H32FN5O2S/c1-17-15-25(32-36(34,35)18-11-13-20(21(28)16-18)26(2,3)4)33(31-17)23-10-8-9-22-19(23)12-14-24(29-22)30-27(5,6)7/h8-16,32H,1-7H3,(H,29,30). The minimum atomic E-state index is -4.07. The third-order valence-corrected chi connectivity index (χ3v) is 6.92. The van der Waals surface area contributed by atoms with Crippen LogP contribution in [0, 0.1) is 12.7 Å². The number of fused-ring (bicyclic) bond motifs is 1. The molecule has 0 atom stereocenters. The molecule has 0 bridgehead atoms. The molecule has 0 fully saturated rings. The van der Waals surface area contributed by atoms with Crippen molar-refractivity contribution in [3.63, 3.8) is 0 Å². The molecule has 0 amide bonds. The topological polar surface area (TPSA) is 88.9 Å². The Balaban J connectivity index is 1.74. The molecule has 0 aliphatic carbocycles. The van der Waals surface area contributed by atoms with Crippen molar-refractivity contribution in [3.05, 3.63) is 71.7 Å². The van der Waals surface area contributed by atoms with Crippen LogP contribution in [0.2, 0.25) is 0 Å². The van der Waals surface area contributed by atoms with Crippen molar-refractivity contribution in [2.75, 3.05) is 10.0 Å². The number of aryl methyl sites for hydroxylation is 1. The first-order valence-electron chi connectivity index (χ1n) is 11.7. The van der Waals surface area contributed by atoms with Crippen LogP contribution >= 0.6 is 0 Å². The number of benzene rings is 2. The molecule has 7 nitrogen and oxygen atoms in total. The molecular formula is C27H32FN5O2S. The molecule has 0 aliphatic heterocycles. The fourth-order valence-electron chi connectivity index (χ4n) is 4.00. The number of pyridine rings is 1. The van der Waals surface area contributed by atoms with Crippen molar-refractivity contribution in [2.45, 2.75) is 64.3 Å². The number of halogens is 1. The minimum absolute atomic E-state index is 0.145. The van der Waals surface area contributed by atoms with Crippen LogP contribution in [0.5, 0.6) is 0 Å². The molecule has 9 heteroatoms. The third kappa shape index (κ3) is 5.36. The predicted octanol–water partition coefficient (Wildman–Crippen LogP) is 6.18. The van der Waals surface area contributed by atoms with E-state index in [4.69, 9.17) is 4.98 Å². The van der Waals surface area contributed by atoms with Crippen molar-refractivity contribution in [2.24, 2.45) is 0 Å². The van der Waals surface area contributed by atoms with Crippen molar-refractivity contribution in [3.8, 4) is 5.69 Å². The van der Waals surface area contributed by atoms with Crippen molar-refractivity contribution in [1.29, 1.82) is 0 Å². The summed E-state index contributed by atoms with van der Waals surface area (Å²) in [6.07, 6.45) is 0. The lowest BCUT2D eigenvalue weighted by molar-refractivity contribution is 0.519. The highest BCUT2D eigenvalue weighted by atomic mass is 32.2. The second-order valence-corrected chi connectivity index (χ2v) is 12.7. The second-order valence-electron chi connectivity index (χ2n) is 11.0. The number of aromatic nitrogens is 3. The van der Waals surface area contributed by atoms with Crippen LogP contribution in [0.1, 0.15) is 52.8 Å². The number of anilines is 2. The number of hydrogen-bond acceptors (Lipinski definition) is 5. The molecule has 0 unspecified atom stereocenters. The van der Waals surface area contributed by atoms with Crippen molar-refractivity contribution >= 4 is 32.6 Å². The highest BCUT2D eigenvalue weighted by Crippen LogP contribution is 2.30. The molecule has 0 radical (unpaired) electrons. The molecule has 0 saturated carbocycles. The number of sulfonamides is 1. The van der Waals surface area contributed by atoms with Gasteiger partial charge in [-0.25, -0.2) is 22.5 Å². The average molecular weight is 510 g/mol.